The number of hydrogen-bond donors (Lipinski definition) is 0. The first kappa shape index (κ1) is 4.79. The summed E-state index contributed by atoms with van der Waals surface area (Å²) in [5, 5.41) is 0. The van der Waals surface area contributed by atoms with Crippen LogP contribution in [0.25, 0.3) is 0 Å². The van der Waals surface area contributed by atoms with Crippen molar-refractivity contribution in [2.45, 2.75) is 13.3 Å². The molecule has 1 aromatic heterocycles. The highest BCUT2D eigenvalue weighted by Crippen LogP contribution is 2.29. The first-order valence-electron chi connectivity index (χ1n) is 2.97. The molecule has 0 unspecified atom stereocenters. The summed E-state index contributed by atoms with van der Waals surface area (Å²) in [5.74, 6) is 1.01. The fourth-order valence-corrected chi connectivity index (χ4v) is 1.03. The van der Waals surface area contributed by atoms with E-state index in [9.17, 15) is 0 Å². The van der Waals surface area contributed by atoms with Gasteiger partial charge in [-0.05, 0) is 6.92 Å². The van der Waals surface area contributed by atoms with Crippen molar-refractivity contribution in [1.82, 2.24) is 0 Å². The summed E-state index contributed by atoms with van der Waals surface area (Å²) in [6.45, 7) is 2.00. The summed E-state index contributed by atoms with van der Waals surface area (Å²) in [4.78, 5) is 4.14. The number of furan rings is 1. The third-order valence-corrected chi connectivity index (χ3v) is 1.51. The number of fused-ring (bicyclic) bond motifs is 1. The average Bonchev–Trinajstić information content (AvgIpc) is 2.35. The molecular formula is C7H7NO. The van der Waals surface area contributed by atoms with E-state index in [-0.39, 0.29) is 0 Å². The van der Waals surface area contributed by atoms with Gasteiger partial charge in [0.2, 0.25) is 0 Å². The van der Waals surface area contributed by atoms with Crippen molar-refractivity contribution >= 4 is 11.9 Å². The van der Waals surface area contributed by atoms with E-state index in [1.54, 1.807) is 6.26 Å². The highest BCUT2D eigenvalue weighted by atomic mass is 16.3. The van der Waals surface area contributed by atoms with Crippen LogP contribution in [0.3, 0.4) is 0 Å². The highest BCUT2D eigenvalue weighted by Gasteiger charge is 2.11. The molecule has 2 rings (SSSR count). The molecule has 9 heavy (non-hydrogen) atoms. The average molecular weight is 121 g/mol. The molecular weight excluding hydrogens is 114 g/mol. The van der Waals surface area contributed by atoms with Crippen LogP contribution in [0.1, 0.15) is 11.3 Å². The van der Waals surface area contributed by atoms with Gasteiger partial charge in [0.15, 0.2) is 0 Å². The van der Waals surface area contributed by atoms with Crippen molar-refractivity contribution in [2.75, 3.05) is 0 Å². The summed E-state index contributed by atoms with van der Waals surface area (Å²) in [6, 6.07) is 0. The van der Waals surface area contributed by atoms with Crippen molar-refractivity contribution < 1.29 is 4.42 Å². The van der Waals surface area contributed by atoms with E-state index >= 15 is 0 Å². The van der Waals surface area contributed by atoms with Crippen molar-refractivity contribution in [2.24, 2.45) is 4.99 Å². The normalized spacial score (nSPS) is 14.3. The van der Waals surface area contributed by atoms with Crippen LogP contribution >= 0.6 is 0 Å². The zero-order chi connectivity index (χ0) is 6.27. The highest BCUT2D eigenvalue weighted by molar-refractivity contribution is 5.75. The lowest BCUT2D eigenvalue weighted by atomic mass is 10.3. The van der Waals surface area contributed by atoms with Gasteiger partial charge in [0, 0.05) is 18.2 Å². The number of aryl methyl sites for hydroxylation is 1. The lowest BCUT2D eigenvalue weighted by molar-refractivity contribution is 0.529. The first-order valence-corrected chi connectivity index (χ1v) is 2.97. The lowest BCUT2D eigenvalue weighted by Crippen LogP contribution is -1.70. The Morgan fingerprint density at radius 1 is 1.67 bits per heavy atom. The van der Waals surface area contributed by atoms with E-state index in [2.05, 4.69) is 4.99 Å². The van der Waals surface area contributed by atoms with E-state index in [1.807, 2.05) is 13.1 Å². The molecule has 2 nitrogen and oxygen atoms in total. The van der Waals surface area contributed by atoms with Crippen molar-refractivity contribution in [1.29, 1.82) is 0 Å². The molecule has 0 fully saturated rings. The predicted octanol–water partition coefficient (Wildman–Crippen LogP) is 1.85. The quantitative estimate of drug-likeness (QED) is 0.514. The van der Waals surface area contributed by atoms with Crippen molar-refractivity contribution in [3.63, 3.8) is 0 Å². The largest absolute Gasteiger partial charge is 0.466 e. The smallest absolute Gasteiger partial charge is 0.134 e. The second kappa shape index (κ2) is 1.47. The van der Waals surface area contributed by atoms with Crippen LogP contribution < -0.4 is 0 Å². The van der Waals surface area contributed by atoms with Crippen LogP contribution in [-0.2, 0) is 6.42 Å². The second-order valence-corrected chi connectivity index (χ2v) is 2.21. The van der Waals surface area contributed by atoms with Crippen LogP contribution in [0.2, 0.25) is 0 Å². The molecule has 0 radical (unpaired) electrons. The Labute approximate surface area is 53.2 Å². The Morgan fingerprint density at radius 3 is 3.33 bits per heavy atom. The molecule has 0 N–H and O–H groups in total. The maximum Gasteiger partial charge on any atom is 0.134 e. The molecule has 0 aliphatic carbocycles. The van der Waals surface area contributed by atoms with Gasteiger partial charge in [0.05, 0.1) is 6.26 Å². The molecule has 1 aromatic rings. The molecule has 46 valence electrons. The SMILES string of the molecule is Cc1coc2c1N=CC2. The first-order chi connectivity index (χ1) is 4.38. The topological polar surface area (TPSA) is 25.5 Å². The summed E-state index contributed by atoms with van der Waals surface area (Å²) in [6.07, 6.45) is 4.49. The maximum absolute atomic E-state index is 5.18. The van der Waals surface area contributed by atoms with Gasteiger partial charge >= 0.3 is 0 Å². The van der Waals surface area contributed by atoms with Gasteiger partial charge in [-0.15, -0.1) is 0 Å². The minimum absolute atomic E-state index is 0.864. The van der Waals surface area contributed by atoms with Crippen LogP contribution in [-0.4, -0.2) is 6.21 Å². The van der Waals surface area contributed by atoms with Crippen LogP contribution in [0.5, 0.6) is 0 Å². The molecule has 2 heterocycles. The predicted molar refractivity (Wildman–Crippen MR) is 35.3 cm³/mol. The summed E-state index contributed by atoms with van der Waals surface area (Å²) in [5.41, 5.74) is 2.17. The van der Waals surface area contributed by atoms with Gasteiger partial charge in [-0.2, -0.15) is 0 Å². The molecule has 0 amide bonds. The fourth-order valence-electron chi connectivity index (χ4n) is 1.03. The Morgan fingerprint density at radius 2 is 2.56 bits per heavy atom. The van der Waals surface area contributed by atoms with Gasteiger partial charge in [0.1, 0.15) is 11.4 Å². The maximum atomic E-state index is 5.18. The third kappa shape index (κ3) is 0.529. The lowest BCUT2D eigenvalue weighted by Gasteiger charge is -1.81. The van der Waals surface area contributed by atoms with Crippen molar-refractivity contribution in [3.8, 4) is 0 Å². The van der Waals surface area contributed by atoms with Crippen LogP contribution in [0.15, 0.2) is 15.7 Å². The van der Waals surface area contributed by atoms with E-state index in [1.165, 1.54) is 0 Å². The van der Waals surface area contributed by atoms with E-state index in [4.69, 9.17) is 4.42 Å². The van der Waals surface area contributed by atoms with Gasteiger partial charge in [-0.25, -0.2) is 0 Å². The van der Waals surface area contributed by atoms with Gasteiger partial charge in [-0.3, -0.25) is 4.99 Å². The van der Waals surface area contributed by atoms with Crippen LogP contribution in [0.4, 0.5) is 5.69 Å². The van der Waals surface area contributed by atoms with E-state index in [0.717, 1.165) is 23.4 Å². The van der Waals surface area contributed by atoms with E-state index < -0.39 is 0 Å². The molecule has 1 aliphatic rings. The third-order valence-electron chi connectivity index (χ3n) is 1.51. The van der Waals surface area contributed by atoms with Crippen molar-refractivity contribution in [3.05, 3.63) is 17.6 Å². The Bertz CT molecular complexity index is 260. The number of nitrogens with zero attached hydrogens (tertiary/aromatic N) is 1. The molecule has 1 aliphatic heterocycles. The molecule has 2 heteroatoms. The fraction of sp³-hybridized carbons (Fsp3) is 0.286. The monoisotopic (exact) mass is 121 g/mol. The molecule has 0 atom stereocenters. The minimum atomic E-state index is 0.864. The number of hydrogen-bond acceptors (Lipinski definition) is 2. The Balaban J connectivity index is 2.67. The van der Waals surface area contributed by atoms with E-state index in [0.29, 0.717) is 0 Å². The van der Waals surface area contributed by atoms with Gasteiger partial charge < -0.3 is 4.42 Å². The summed E-state index contributed by atoms with van der Waals surface area (Å²) < 4.78 is 5.18. The zero-order valence-corrected chi connectivity index (χ0v) is 5.22. The Hall–Kier alpha value is -1.05. The molecule has 0 bridgehead atoms. The summed E-state index contributed by atoms with van der Waals surface area (Å²) in [7, 11) is 0. The van der Waals surface area contributed by atoms with Gasteiger partial charge in [0.25, 0.3) is 0 Å². The molecule has 0 aromatic carbocycles. The number of rotatable bonds is 0. The second-order valence-electron chi connectivity index (χ2n) is 2.21. The van der Waals surface area contributed by atoms with Gasteiger partial charge in [-0.1, -0.05) is 0 Å². The Kier molecular flexibility index (Phi) is 0.781. The minimum Gasteiger partial charge on any atom is -0.466 e. The molecule has 0 spiro atoms. The number of aliphatic imine (C=N–C) groups is 1. The molecule has 0 saturated carbocycles. The molecule has 0 saturated heterocycles. The summed E-state index contributed by atoms with van der Waals surface area (Å²) >= 11 is 0. The standard InChI is InChI=1S/C7H7NO/c1-5-4-9-6-2-3-8-7(5)6/h3-4H,2H2,1H3. The zero-order valence-electron chi connectivity index (χ0n) is 5.22. The van der Waals surface area contributed by atoms with Crippen LogP contribution in [0, 0.1) is 6.92 Å².